The molecule has 1 amide bonds. The van der Waals surface area contributed by atoms with Crippen LogP contribution in [0.25, 0.3) is 0 Å². The van der Waals surface area contributed by atoms with Gasteiger partial charge in [-0.25, -0.2) is 4.98 Å². The van der Waals surface area contributed by atoms with E-state index in [0.29, 0.717) is 18.1 Å². The number of nitrogens with zero attached hydrogens (tertiary/aromatic N) is 5. The summed E-state index contributed by atoms with van der Waals surface area (Å²) in [6.45, 7) is 0.393. The molecule has 2 aromatic heterocycles. The first-order chi connectivity index (χ1) is 7.68. The molecule has 0 aliphatic rings. The molecule has 0 fully saturated rings. The van der Waals surface area contributed by atoms with Crippen molar-refractivity contribution in [2.24, 2.45) is 7.05 Å². The predicted molar refractivity (Wildman–Crippen MR) is 55.4 cm³/mol. The predicted octanol–water partition coefficient (Wildman–Crippen LogP) is -0.190. The van der Waals surface area contributed by atoms with Gasteiger partial charge in [0.15, 0.2) is 0 Å². The molecule has 7 heteroatoms. The van der Waals surface area contributed by atoms with Crippen molar-refractivity contribution in [3.05, 3.63) is 30.1 Å². The standard InChI is InChI=1S/C9H12N6O/c1-14(5-8-10-6-11-13-8)9(16)7-3-4-12-15(7)2/h3-4,6H,5H2,1-2H3,(H,10,11,13). The second-order valence-corrected chi connectivity index (χ2v) is 3.43. The van der Waals surface area contributed by atoms with Crippen LogP contribution >= 0.6 is 0 Å². The van der Waals surface area contributed by atoms with E-state index >= 15 is 0 Å². The molecule has 0 aromatic carbocycles. The van der Waals surface area contributed by atoms with Gasteiger partial charge in [-0.3, -0.25) is 14.6 Å². The van der Waals surface area contributed by atoms with E-state index in [2.05, 4.69) is 20.3 Å². The average Bonchev–Trinajstić information content (AvgIpc) is 2.88. The van der Waals surface area contributed by atoms with Gasteiger partial charge in [0.25, 0.3) is 5.91 Å². The van der Waals surface area contributed by atoms with Gasteiger partial charge < -0.3 is 4.90 Å². The van der Waals surface area contributed by atoms with E-state index in [-0.39, 0.29) is 5.91 Å². The smallest absolute Gasteiger partial charge is 0.272 e. The summed E-state index contributed by atoms with van der Waals surface area (Å²) < 4.78 is 1.54. The molecular formula is C9H12N6O. The molecule has 0 aliphatic carbocycles. The van der Waals surface area contributed by atoms with Gasteiger partial charge in [0.1, 0.15) is 17.8 Å². The van der Waals surface area contributed by atoms with E-state index in [4.69, 9.17) is 0 Å². The van der Waals surface area contributed by atoms with Gasteiger partial charge in [0.2, 0.25) is 0 Å². The molecule has 0 aliphatic heterocycles. The van der Waals surface area contributed by atoms with E-state index in [9.17, 15) is 4.79 Å². The zero-order valence-electron chi connectivity index (χ0n) is 9.08. The monoisotopic (exact) mass is 220 g/mol. The van der Waals surface area contributed by atoms with Crippen molar-refractivity contribution < 1.29 is 4.79 Å². The first-order valence-corrected chi connectivity index (χ1v) is 4.76. The van der Waals surface area contributed by atoms with Crippen LogP contribution in [0.1, 0.15) is 16.3 Å². The molecule has 84 valence electrons. The molecule has 0 unspecified atom stereocenters. The number of aryl methyl sites for hydroxylation is 1. The van der Waals surface area contributed by atoms with E-state index in [1.54, 1.807) is 35.9 Å². The molecule has 7 nitrogen and oxygen atoms in total. The summed E-state index contributed by atoms with van der Waals surface area (Å²) in [5.41, 5.74) is 0.544. The molecule has 2 rings (SSSR count). The summed E-state index contributed by atoms with van der Waals surface area (Å²) in [6.07, 6.45) is 3.01. The van der Waals surface area contributed by atoms with Gasteiger partial charge >= 0.3 is 0 Å². The Balaban J connectivity index is 2.08. The third kappa shape index (κ3) is 1.92. The number of hydrogen-bond acceptors (Lipinski definition) is 4. The maximum Gasteiger partial charge on any atom is 0.272 e. The summed E-state index contributed by atoms with van der Waals surface area (Å²) in [4.78, 5) is 17.5. The fourth-order valence-corrected chi connectivity index (χ4v) is 1.38. The number of amides is 1. The normalized spacial score (nSPS) is 10.4. The van der Waals surface area contributed by atoms with Crippen molar-refractivity contribution in [2.75, 3.05) is 7.05 Å². The third-order valence-electron chi connectivity index (χ3n) is 2.24. The van der Waals surface area contributed by atoms with Crippen molar-refractivity contribution >= 4 is 5.91 Å². The average molecular weight is 220 g/mol. The molecule has 16 heavy (non-hydrogen) atoms. The number of H-pyrrole nitrogens is 1. The number of nitrogens with one attached hydrogen (secondary N) is 1. The van der Waals surface area contributed by atoms with E-state index in [1.165, 1.54) is 6.33 Å². The second kappa shape index (κ2) is 4.13. The Hall–Kier alpha value is -2.18. The first kappa shape index (κ1) is 10.3. The summed E-state index contributed by atoms with van der Waals surface area (Å²) in [7, 11) is 3.44. The summed E-state index contributed by atoms with van der Waals surface area (Å²) in [6, 6.07) is 1.68. The summed E-state index contributed by atoms with van der Waals surface area (Å²) >= 11 is 0. The molecule has 0 radical (unpaired) electrons. The number of carbonyl (C=O) groups is 1. The van der Waals surface area contributed by atoms with Gasteiger partial charge in [-0.05, 0) is 6.07 Å². The molecule has 0 atom stereocenters. The number of carbonyl (C=O) groups excluding carboxylic acids is 1. The Morgan fingerprint density at radius 1 is 1.62 bits per heavy atom. The molecule has 1 N–H and O–H groups in total. The zero-order valence-corrected chi connectivity index (χ0v) is 9.08. The lowest BCUT2D eigenvalue weighted by atomic mass is 10.3. The Bertz CT molecular complexity index is 474. The quantitative estimate of drug-likeness (QED) is 0.777. The van der Waals surface area contributed by atoms with E-state index in [0.717, 1.165) is 0 Å². The largest absolute Gasteiger partial charge is 0.333 e. The Kier molecular flexibility index (Phi) is 2.67. The van der Waals surface area contributed by atoms with Crippen molar-refractivity contribution in [3.8, 4) is 0 Å². The lowest BCUT2D eigenvalue weighted by Crippen LogP contribution is -2.28. The van der Waals surface area contributed by atoms with Crippen LogP contribution in [0.5, 0.6) is 0 Å². The third-order valence-corrected chi connectivity index (χ3v) is 2.24. The van der Waals surface area contributed by atoms with Gasteiger partial charge in [0.05, 0.1) is 6.54 Å². The minimum atomic E-state index is -0.101. The van der Waals surface area contributed by atoms with Crippen molar-refractivity contribution in [3.63, 3.8) is 0 Å². The summed E-state index contributed by atoms with van der Waals surface area (Å²) in [5, 5.41) is 10.4. The van der Waals surface area contributed by atoms with E-state index in [1.807, 2.05) is 0 Å². The molecule has 0 spiro atoms. The maximum atomic E-state index is 12.0. The van der Waals surface area contributed by atoms with Gasteiger partial charge in [-0.15, -0.1) is 0 Å². The second-order valence-electron chi connectivity index (χ2n) is 3.43. The molecule has 0 saturated carbocycles. The SMILES string of the molecule is CN(Cc1ncn[nH]1)C(=O)c1ccnn1C. The van der Waals surface area contributed by atoms with Crippen LogP contribution in [-0.4, -0.2) is 42.8 Å². The zero-order chi connectivity index (χ0) is 11.5. The molecule has 2 heterocycles. The van der Waals surface area contributed by atoms with Crippen molar-refractivity contribution in [1.82, 2.24) is 29.9 Å². The summed E-state index contributed by atoms with van der Waals surface area (Å²) in [5.74, 6) is 0.550. The minimum absolute atomic E-state index is 0.101. The topological polar surface area (TPSA) is 79.7 Å². The van der Waals surface area contributed by atoms with Crippen molar-refractivity contribution in [2.45, 2.75) is 6.54 Å². The highest BCUT2D eigenvalue weighted by Gasteiger charge is 2.15. The molecule has 2 aromatic rings. The van der Waals surface area contributed by atoms with Gasteiger partial charge in [-0.1, -0.05) is 0 Å². The fraction of sp³-hybridized carbons (Fsp3) is 0.333. The maximum absolute atomic E-state index is 12.0. The molecule has 0 bridgehead atoms. The van der Waals surface area contributed by atoms with Crippen LogP contribution in [0.3, 0.4) is 0 Å². The number of aromatic amines is 1. The Morgan fingerprint density at radius 3 is 3.00 bits per heavy atom. The number of hydrogen-bond donors (Lipinski definition) is 1. The lowest BCUT2D eigenvalue weighted by molar-refractivity contribution is 0.0771. The van der Waals surface area contributed by atoms with Crippen LogP contribution in [0.15, 0.2) is 18.6 Å². The minimum Gasteiger partial charge on any atom is -0.333 e. The van der Waals surface area contributed by atoms with Gasteiger partial charge in [-0.2, -0.15) is 10.2 Å². The Labute approximate surface area is 92.1 Å². The number of aromatic nitrogens is 5. The van der Waals surface area contributed by atoms with Crippen LogP contribution in [-0.2, 0) is 13.6 Å². The fourth-order valence-electron chi connectivity index (χ4n) is 1.38. The Morgan fingerprint density at radius 2 is 2.44 bits per heavy atom. The molecule has 0 saturated heterocycles. The van der Waals surface area contributed by atoms with Crippen LogP contribution < -0.4 is 0 Å². The van der Waals surface area contributed by atoms with Gasteiger partial charge in [0, 0.05) is 20.3 Å². The first-order valence-electron chi connectivity index (χ1n) is 4.76. The van der Waals surface area contributed by atoms with E-state index < -0.39 is 0 Å². The van der Waals surface area contributed by atoms with Crippen LogP contribution in [0.4, 0.5) is 0 Å². The highest BCUT2D eigenvalue weighted by Crippen LogP contribution is 2.03. The molecular weight excluding hydrogens is 208 g/mol. The lowest BCUT2D eigenvalue weighted by Gasteiger charge is -2.15. The number of rotatable bonds is 3. The highest BCUT2D eigenvalue weighted by atomic mass is 16.2. The van der Waals surface area contributed by atoms with Crippen LogP contribution in [0, 0.1) is 0 Å². The van der Waals surface area contributed by atoms with Crippen LogP contribution in [0.2, 0.25) is 0 Å². The van der Waals surface area contributed by atoms with Crippen molar-refractivity contribution in [1.29, 1.82) is 0 Å². The highest BCUT2D eigenvalue weighted by molar-refractivity contribution is 5.92.